The van der Waals surface area contributed by atoms with Crippen LogP contribution in [0.25, 0.3) is 0 Å². The number of hydrogen-bond donors (Lipinski definition) is 0. The molecular weight excluding hydrogens is 416 g/mol. The zero-order valence-corrected chi connectivity index (χ0v) is 20.3. The van der Waals surface area contributed by atoms with Gasteiger partial charge >= 0.3 is 0 Å². The number of rotatable bonds is 4. The second-order valence-corrected chi connectivity index (χ2v) is 9.08. The molecule has 1 aliphatic rings. The molecule has 0 fully saturated rings. The molecule has 5 heteroatoms. The zero-order chi connectivity index (χ0) is 23.0. The molecule has 0 radical (unpaired) electrons. The molecule has 32 heavy (non-hydrogen) atoms. The maximum absolute atomic E-state index is 6.04. The first-order valence-corrected chi connectivity index (χ1v) is 11.2. The lowest BCUT2D eigenvalue weighted by atomic mass is 10.0. The molecule has 0 atom stereocenters. The third-order valence-electron chi connectivity index (χ3n) is 5.78. The number of aryl methyl sites for hydroxylation is 6. The van der Waals surface area contributed by atoms with Gasteiger partial charge < -0.3 is 9.80 Å². The van der Waals surface area contributed by atoms with E-state index in [0.29, 0.717) is 5.02 Å². The number of benzene rings is 3. The third kappa shape index (κ3) is 4.28. The van der Waals surface area contributed by atoms with E-state index in [9.17, 15) is 0 Å². The summed E-state index contributed by atoms with van der Waals surface area (Å²) in [5.74, 6) is 0. The van der Waals surface area contributed by atoms with Crippen molar-refractivity contribution in [1.29, 1.82) is 0 Å². The van der Waals surface area contributed by atoms with Gasteiger partial charge in [-0.05, 0) is 88.1 Å². The smallest absolute Gasteiger partial charge is 0.226 e. The van der Waals surface area contributed by atoms with Crippen LogP contribution in [0.3, 0.4) is 0 Å². The minimum absolute atomic E-state index is 0.328. The highest BCUT2D eigenvalue weighted by molar-refractivity contribution is 6.30. The van der Waals surface area contributed by atoms with E-state index in [0.717, 1.165) is 17.1 Å². The van der Waals surface area contributed by atoms with Crippen LogP contribution in [-0.2, 0) is 0 Å². The van der Waals surface area contributed by atoms with Gasteiger partial charge in [0.15, 0.2) is 0 Å². The van der Waals surface area contributed by atoms with Gasteiger partial charge in [0, 0.05) is 17.4 Å². The van der Waals surface area contributed by atoms with Crippen molar-refractivity contribution in [3.63, 3.8) is 0 Å². The monoisotopic (exact) mass is 444 g/mol. The standard InChI is InChI=1S/C27H29ClN4/c1-17-13-19(3)25(20(4)14-17)31-11-12-32(26-21(5)15-18(2)16-22(26)6)27(31)30-29-24-9-7-23(28)8-10-24/h7-16,27H,1-6H3/b30-29+. The molecule has 0 aliphatic carbocycles. The maximum Gasteiger partial charge on any atom is 0.226 e. The highest BCUT2D eigenvalue weighted by Crippen LogP contribution is 2.37. The fourth-order valence-electron chi connectivity index (χ4n) is 4.71. The lowest BCUT2D eigenvalue weighted by Gasteiger charge is -2.32. The summed E-state index contributed by atoms with van der Waals surface area (Å²) in [6, 6.07) is 16.3. The zero-order valence-electron chi connectivity index (χ0n) is 19.5. The lowest BCUT2D eigenvalue weighted by Crippen LogP contribution is -2.38. The molecule has 0 saturated heterocycles. The quantitative estimate of drug-likeness (QED) is 0.381. The number of azo groups is 1. The number of hydrogen-bond acceptors (Lipinski definition) is 4. The summed E-state index contributed by atoms with van der Waals surface area (Å²) in [7, 11) is 0. The highest BCUT2D eigenvalue weighted by Gasteiger charge is 2.32. The number of nitrogens with zero attached hydrogens (tertiary/aromatic N) is 4. The second-order valence-electron chi connectivity index (χ2n) is 8.65. The molecule has 164 valence electrons. The molecule has 3 aromatic rings. The van der Waals surface area contributed by atoms with Crippen molar-refractivity contribution < 1.29 is 0 Å². The molecule has 0 spiro atoms. The van der Waals surface area contributed by atoms with Crippen LogP contribution >= 0.6 is 11.6 Å². The van der Waals surface area contributed by atoms with E-state index in [4.69, 9.17) is 16.7 Å². The Morgan fingerprint density at radius 2 is 1.06 bits per heavy atom. The van der Waals surface area contributed by atoms with Crippen molar-refractivity contribution >= 4 is 28.7 Å². The van der Waals surface area contributed by atoms with E-state index in [1.165, 1.54) is 33.4 Å². The Bertz CT molecular complexity index is 1100. The van der Waals surface area contributed by atoms with E-state index in [-0.39, 0.29) is 6.29 Å². The molecule has 0 bridgehead atoms. The Labute approximate surface area is 195 Å². The summed E-state index contributed by atoms with van der Waals surface area (Å²) in [6.45, 7) is 12.9. The van der Waals surface area contributed by atoms with Crippen LogP contribution in [0.4, 0.5) is 17.1 Å². The van der Waals surface area contributed by atoms with Crippen molar-refractivity contribution in [2.75, 3.05) is 9.80 Å². The van der Waals surface area contributed by atoms with Crippen LogP contribution in [0.15, 0.2) is 71.2 Å². The highest BCUT2D eigenvalue weighted by atomic mass is 35.5. The van der Waals surface area contributed by atoms with E-state index in [2.05, 4.69) is 93.1 Å². The Hall–Kier alpha value is -3.11. The predicted molar refractivity (Wildman–Crippen MR) is 135 cm³/mol. The van der Waals surface area contributed by atoms with Crippen LogP contribution in [0, 0.1) is 41.5 Å². The fraction of sp³-hybridized carbons (Fsp3) is 0.259. The summed E-state index contributed by atoms with van der Waals surface area (Å²) < 4.78 is 0. The van der Waals surface area contributed by atoms with E-state index >= 15 is 0 Å². The molecule has 4 nitrogen and oxygen atoms in total. The minimum atomic E-state index is -0.328. The summed E-state index contributed by atoms with van der Waals surface area (Å²) in [5, 5.41) is 10.1. The summed E-state index contributed by atoms with van der Waals surface area (Å²) in [5.41, 5.74) is 10.5. The Kier molecular flexibility index (Phi) is 6.07. The van der Waals surface area contributed by atoms with E-state index in [1.54, 1.807) is 0 Å². The van der Waals surface area contributed by atoms with Crippen LogP contribution in [0.2, 0.25) is 5.02 Å². The minimum Gasteiger partial charge on any atom is -0.305 e. The van der Waals surface area contributed by atoms with Gasteiger partial charge in [-0.3, -0.25) is 0 Å². The van der Waals surface area contributed by atoms with Crippen molar-refractivity contribution in [1.82, 2.24) is 0 Å². The molecule has 4 rings (SSSR count). The summed E-state index contributed by atoms with van der Waals surface area (Å²) in [6.07, 6.45) is 3.88. The van der Waals surface area contributed by atoms with Crippen molar-refractivity contribution in [2.24, 2.45) is 10.2 Å². The molecule has 0 unspecified atom stereocenters. The Balaban J connectivity index is 1.81. The molecule has 1 heterocycles. The Morgan fingerprint density at radius 3 is 1.47 bits per heavy atom. The predicted octanol–water partition coefficient (Wildman–Crippen LogP) is 8.06. The lowest BCUT2D eigenvalue weighted by molar-refractivity contribution is 0.676. The normalized spacial score (nSPS) is 14.2. The molecule has 0 aromatic heterocycles. The van der Waals surface area contributed by atoms with Gasteiger partial charge in [-0.15, -0.1) is 5.11 Å². The molecule has 1 aliphatic heterocycles. The van der Waals surface area contributed by atoms with Gasteiger partial charge in [-0.25, -0.2) is 0 Å². The van der Waals surface area contributed by atoms with Gasteiger partial charge in [-0.2, -0.15) is 5.11 Å². The molecule has 0 saturated carbocycles. The topological polar surface area (TPSA) is 31.2 Å². The molecule has 0 amide bonds. The average molecular weight is 445 g/mol. The number of halogens is 1. The van der Waals surface area contributed by atoms with Gasteiger partial charge in [0.25, 0.3) is 0 Å². The van der Waals surface area contributed by atoms with Crippen LogP contribution in [0.5, 0.6) is 0 Å². The Morgan fingerprint density at radius 1 is 0.656 bits per heavy atom. The first-order valence-electron chi connectivity index (χ1n) is 10.8. The van der Waals surface area contributed by atoms with Crippen molar-refractivity contribution in [3.8, 4) is 0 Å². The SMILES string of the molecule is Cc1cc(C)c(N2C=CN(c3c(C)cc(C)cc3C)C2/N=N/c2ccc(Cl)cc2)c(C)c1. The largest absolute Gasteiger partial charge is 0.305 e. The van der Waals surface area contributed by atoms with Crippen LogP contribution in [-0.4, -0.2) is 6.29 Å². The van der Waals surface area contributed by atoms with Crippen molar-refractivity contribution in [2.45, 2.75) is 47.8 Å². The molecule has 0 N–H and O–H groups in total. The maximum atomic E-state index is 6.04. The fourth-order valence-corrected chi connectivity index (χ4v) is 4.83. The van der Waals surface area contributed by atoms with Gasteiger partial charge in [0.2, 0.25) is 6.29 Å². The van der Waals surface area contributed by atoms with E-state index in [1.807, 2.05) is 24.3 Å². The first-order chi connectivity index (χ1) is 15.2. The van der Waals surface area contributed by atoms with Gasteiger partial charge in [0.05, 0.1) is 17.1 Å². The second kappa shape index (κ2) is 8.79. The molecular formula is C27H29ClN4. The van der Waals surface area contributed by atoms with Crippen LogP contribution in [0.1, 0.15) is 33.4 Å². The van der Waals surface area contributed by atoms with Crippen molar-refractivity contribution in [3.05, 3.63) is 99.3 Å². The summed E-state index contributed by atoms with van der Waals surface area (Å²) >= 11 is 6.04. The third-order valence-corrected chi connectivity index (χ3v) is 6.03. The summed E-state index contributed by atoms with van der Waals surface area (Å²) in [4.78, 5) is 4.42. The van der Waals surface area contributed by atoms with E-state index < -0.39 is 0 Å². The van der Waals surface area contributed by atoms with Gasteiger partial charge in [0.1, 0.15) is 0 Å². The van der Waals surface area contributed by atoms with Crippen LogP contribution < -0.4 is 9.80 Å². The van der Waals surface area contributed by atoms with Gasteiger partial charge in [-0.1, -0.05) is 47.0 Å². The number of anilines is 2. The first kappa shape index (κ1) is 22.1. The molecule has 3 aromatic carbocycles. The average Bonchev–Trinajstić information content (AvgIpc) is 3.09.